The first-order valence-corrected chi connectivity index (χ1v) is 6.58. The zero-order valence-corrected chi connectivity index (χ0v) is 12.7. The Morgan fingerprint density at radius 3 is 2.79 bits per heavy atom. The Morgan fingerprint density at radius 2 is 2.11 bits per heavy atom. The summed E-state index contributed by atoms with van der Waals surface area (Å²) in [5.41, 5.74) is 7.74. The van der Waals surface area contributed by atoms with Gasteiger partial charge < -0.3 is 15.8 Å². The number of hydrogen-bond donors (Lipinski definition) is 2. The van der Waals surface area contributed by atoms with Crippen LogP contribution < -0.4 is 15.8 Å². The van der Waals surface area contributed by atoms with E-state index in [4.69, 9.17) is 22.1 Å². The van der Waals surface area contributed by atoms with Gasteiger partial charge in [0, 0.05) is 4.47 Å². The van der Waals surface area contributed by atoms with Gasteiger partial charge in [0.15, 0.2) is 5.82 Å². The van der Waals surface area contributed by atoms with Crippen LogP contribution >= 0.6 is 27.5 Å². The van der Waals surface area contributed by atoms with Gasteiger partial charge in [-0.15, -0.1) is 0 Å². The van der Waals surface area contributed by atoms with E-state index >= 15 is 0 Å². The lowest BCUT2D eigenvalue weighted by Gasteiger charge is -2.13. The number of nitrogens with two attached hydrogens (primary N) is 1. The maximum atomic E-state index is 5.93. The van der Waals surface area contributed by atoms with Gasteiger partial charge in [0.2, 0.25) is 5.28 Å². The van der Waals surface area contributed by atoms with Crippen LogP contribution in [0.1, 0.15) is 5.69 Å². The smallest absolute Gasteiger partial charge is 0.224 e. The fraction of sp³-hybridized carbons (Fsp3) is 0.167. The van der Waals surface area contributed by atoms with Gasteiger partial charge >= 0.3 is 0 Å². The summed E-state index contributed by atoms with van der Waals surface area (Å²) in [6.07, 6.45) is 0. The molecule has 0 aliphatic carbocycles. The summed E-state index contributed by atoms with van der Waals surface area (Å²) in [7, 11) is 1.59. The van der Waals surface area contributed by atoms with Gasteiger partial charge in [-0.05, 0) is 36.7 Å². The molecule has 0 radical (unpaired) electrons. The van der Waals surface area contributed by atoms with E-state index in [1.807, 2.05) is 18.2 Å². The number of aryl methyl sites for hydroxylation is 1. The molecular weight excluding hydrogens is 332 g/mol. The molecule has 100 valence electrons. The number of nitrogens with zero attached hydrogens (tertiary/aromatic N) is 2. The molecule has 5 nitrogen and oxygen atoms in total. The molecule has 1 aromatic carbocycles. The van der Waals surface area contributed by atoms with Crippen molar-refractivity contribution < 1.29 is 4.74 Å². The Balaban J connectivity index is 2.44. The van der Waals surface area contributed by atoms with E-state index in [-0.39, 0.29) is 5.28 Å². The number of methoxy groups -OCH3 is 1. The molecule has 0 unspecified atom stereocenters. The van der Waals surface area contributed by atoms with Crippen molar-refractivity contribution >= 4 is 44.7 Å². The number of halogens is 2. The molecule has 0 fully saturated rings. The number of nitrogens with one attached hydrogen (secondary N) is 1. The summed E-state index contributed by atoms with van der Waals surface area (Å²) >= 11 is 9.24. The van der Waals surface area contributed by atoms with Crippen molar-refractivity contribution in [1.29, 1.82) is 0 Å². The molecule has 0 saturated carbocycles. The third-order valence-corrected chi connectivity index (χ3v) is 3.19. The third kappa shape index (κ3) is 3.08. The lowest BCUT2D eigenvalue weighted by Crippen LogP contribution is -2.04. The van der Waals surface area contributed by atoms with Crippen molar-refractivity contribution in [2.75, 3.05) is 18.2 Å². The van der Waals surface area contributed by atoms with Crippen molar-refractivity contribution in [2.24, 2.45) is 0 Å². The predicted molar refractivity (Wildman–Crippen MR) is 80.2 cm³/mol. The van der Waals surface area contributed by atoms with Crippen molar-refractivity contribution in [1.82, 2.24) is 9.97 Å². The molecule has 7 heteroatoms. The Labute approximate surface area is 124 Å². The van der Waals surface area contributed by atoms with Gasteiger partial charge in [0.1, 0.15) is 5.75 Å². The highest BCUT2D eigenvalue weighted by Gasteiger charge is 2.11. The second-order valence-electron chi connectivity index (χ2n) is 3.81. The van der Waals surface area contributed by atoms with E-state index in [2.05, 4.69) is 31.2 Å². The lowest BCUT2D eigenvalue weighted by molar-refractivity contribution is 0.416. The molecule has 0 saturated heterocycles. The van der Waals surface area contributed by atoms with E-state index < -0.39 is 0 Å². The zero-order valence-electron chi connectivity index (χ0n) is 10.4. The molecule has 1 heterocycles. The summed E-state index contributed by atoms with van der Waals surface area (Å²) in [4.78, 5) is 8.07. The second-order valence-corrected chi connectivity index (χ2v) is 5.06. The van der Waals surface area contributed by atoms with E-state index in [9.17, 15) is 0 Å². The second kappa shape index (κ2) is 5.63. The van der Waals surface area contributed by atoms with E-state index in [1.165, 1.54) is 0 Å². The van der Waals surface area contributed by atoms with Crippen LogP contribution in [0.2, 0.25) is 5.28 Å². The Bertz CT molecular complexity index is 621. The van der Waals surface area contributed by atoms with E-state index in [0.29, 0.717) is 22.9 Å². The summed E-state index contributed by atoms with van der Waals surface area (Å²) in [6.45, 7) is 1.77. The maximum Gasteiger partial charge on any atom is 0.224 e. The molecule has 2 aromatic rings. The molecule has 0 aliphatic heterocycles. The standard InChI is InChI=1S/C12H12BrClN4O/c1-6-10(15)11(18-12(14)16-6)17-8-5-7(13)3-4-9(8)19-2/h3-5H,15H2,1-2H3,(H,16,17,18). The summed E-state index contributed by atoms with van der Waals surface area (Å²) in [5.74, 6) is 1.13. The van der Waals surface area contributed by atoms with Gasteiger partial charge in [0.25, 0.3) is 0 Å². The Kier molecular flexibility index (Phi) is 4.11. The van der Waals surface area contributed by atoms with E-state index in [1.54, 1.807) is 14.0 Å². The van der Waals surface area contributed by atoms with Crippen LogP contribution in [0.5, 0.6) is 5.75 Å². The number of ether oxygens (including phenoxy) is 1. The lowest BCUT2D eigenvalue weighted by atomic mass is 10.2. The quantitative estimate of drug-likeness (QED) is 0.834. The minimum absolute atomic E-state index is 0.142. The third-order valence-electron chi connectivity index (χ3n) is 2.52. The number of aromatic nitrogens is 2. The average Bonchev–Trinajstić information content (AvgIpc) is 2.35. The maximum absolute atomic E-state index is 5.93. The van der Waals surface area contributed by atoms with Crippen LogP contribution in [-0.4, -0.2) is 17.1 Å². The predicted octanol–water partition coefficient (Wildman–Crippen LogP) is 3.54. The summed E-state index contributed by atoms with van der Waals surface area (Å²) < 4.78 is 6.18. The van der Waals surface area contributed by atoms with Crippen LogP contribution in [0, 0.1) is 6.92 Å². The Morgan fingerprint density at radius 1 is 1.37 bits per heavy atom. The minimum atomic E-state index is 0.142. The Hall–Kier alpha value is -1.53. The van der Waals surface area contributed by atoms with Gasteiger partial charge in [0.05, 0.1) is 24.2 Å². The largest absolute Gasteiger partial charge is 0.495 e. The van der Waals surface area contributed by atoms with Crippen molar-refractivity contribution in [3.63, 3.8) is 0 Å². The topological polar surface area (TPSA) is 73.1 Å². The first-order valence-electron chi connectivity index (χ1n) is 5.41. The molecule has 1 aromatic heterocycles. The van der Waals surface area contributed by atoms with Crippen LogP contribution in [0.15, 0.2) is 22.7 Å². The van der Waals surface area contributed by atoms with Gasteiger partial charge in [-0.1, -0.05) is 15.9 Å². The number of rotatable bonds is 3. The average molecular weight is 344 g/mol. The molecular formula is C12H12BrClN4O. The minimum Gasteiger partial charge on any atom is -0.495 e. The summed E-state index contributed by atoms with van der Waals surface area (Å²) in [6, 6.07) is 5.58. The van der Waals surface area contributed by atoms with Crippen LogP contribution in [0.4, 0.5) is 17.2 Å². The molecule has 19 heavy (non-hydrogen) atoms. The fourth-order valence-corrected chi connectivity index (χ4v) is 2.12. The normalized spacial score (nSPS) is 10.3. The van der Waals surface area contributed by atoms with Gasteiger partial charge in [-0.2, -0.15) is 4.98 Å². The van der Waals surface area contributed by atoms with Crippen LogP contribution in [-0.2, 0) is 0 Å². The molecule has 0 atom stereocenters. The highest BCUT2D eigenvalue weighted by Crippen LogP contribution is 2.32. The van der Waals surface area contributed by atoms with E-state index in [0.717, 1.165) is 10.2 Å². The zero-order chi connectivity index (χ0) is 14.0. The van der Waals surface area contributed by atoms with Crippen LogP contribution in [0.3, 0.4) is 0 Å². The SMILES string of the molecule is COc1ccc(Br)cc1Nc1nc(Cl)nc(C)c1N. The first kappa shape index (κ1) is 13.9. The molecule has 0 bridgehead atoms. The monoisotopic (exact) mass is 342 g/mol. The number of hydrogen-bond acceptors (Lipinski definition) is 5. The fourth-order valence-electron chi connectivity index (χ4n) is 1.55. The highest BCUT2D eigenvalue weighted by molar-refractivity contribution is 9.10. The van der Waals surface area contributed by atoms with Gasteiger partial charge in [-0.3, -0.25) is 0 Å². The number of nitrogen functional groups attached to an aromatic ring is 1. The number of anilines is 3. The molecule has 0 amide bonds. The molecule has 0 spiro atoms. The van der Waals surface area contributed by atoms with Crippen molar-refractivity contribution in [3.05, 3.63) is 33.6 Å². The van der Waals surface area contributed by atoms with Gasteiger partial charge in [-0.25, -0.2) is 4.98 Å². The summed E-state index contributed by atoms with van der Waals surface area (Å²) in [5, 5.41) is 3.24. The van der Waals surface area contributed by atoms with Crippen molar-refractivity contribution in [3.8, 4) is 5.75 Å². The molecule has 0 aliphatic rings. The highest BCUT2D eigenvalue weighted by atomic mass is 79.9. The first-order chi connectivity index (χ1) is 9.01. The molecule has 2 rings (SSSR count). The molecule has 3 N–H and O–H groups in total. The van der Waals surface area contributed by atoms with Crippen LogP contribution in [0.25, 0.3) is 0 Å². The van der Waals surface area contributed by atoms with Crippen molar-refractivity contribution in [2.45, 2.75) is 6.92 Å². The number of benzene rings is 1.